The Kier molecular flexibility index (Phi) is 4.71. The molecule has 0 radical (unpaired) electrons. The Hall–Kier alpha value is -1.91. The van der Waals surface area contributed by atoms with Gasteiger partial charge in [0.15, 0.2) is 17.5 Å². The summed E-state index contributed by atoms with van der Waals surface area (Å²) in [6.45, 7) is 2.01. The summed E-state index contributed by atoms with van der Waals surface area (Å²) in [6, 6.07) is 6.11. The fourth-order valence-corrected chi connectivity index (χ4v) is 2.21. The molecule has 5 heteroatoms. The first-order chi connectivity index (χ1) is 9.58. The maximum absolute atomic E-state index is 5.59. The van der Waals surface area contributed by atoms with E-state index >= 15 is 0 Å². The standard InChI is InChI=1S/C15H23N3O2/c1-17(2)15(18(3)4)16-8-7-12-5-6-13-14(11-12)20-10-9-19-13/h5-6,11H,7-10H2,1-4H3. The molecule has 1 aromatic rings. The van der Waals surface area contributed by atoms with Gasteiger partial charge in [-0.05, 0) is 24.1 Å². The molecule has 0 aromatic heterocycles. The Balaban J connectivity index is 1.99. The maximum atomic E-state index is 5.59. The SMILES string of the molecule is CN(C)C(=NCCc1ccc2c(c1)OCCO2)N(C)C. The lowest BCUT2D eigenvalue weighted by atomic mass is 10.1. The lowest BCUT2D eigenvalue weighted by Gasteiger charge is -2.22. The van der Waals surface area contributed by atoms with Crippen molar-refractivity contribution >= 4 is 5.96 Å². The van der Waals surface area contributed by atoms with Crippen molar-refractivity contribution in [2.45, 2.75) is 6.42 Å². The van der Waals surface area contributed by atoms with Crippen molar-refractivity contribution in [3.8, 4) is 11.5 Å². The lowest BCUT2D eigenvalue weighted by Crippen LogP contribution is -2.35. The predicted molar refractivity (Wildman–Crippen MR) is 80.8 cm³/mol. The molecule has 2 rings (SSSR count). The number of aliphatic imine (C=N–C) groups is 1. The van der Waals surface area contributed by atoms with Crippen molar-refractivity contribution in [1.29, 1.82) is 0 Å². The lowest BCUT2D eigenvalue weighted by molar-refractivity contribution is 0.171. The van der Waals surface area contributed by atoms with Crippen LogP contribution in [0.3, 0.4) is 0 Å². The highest BCUT2D eigenvalue weighted by Gasteiger charge is 2.11. The van der Waals surface area contributed by atoms with Crippen molar-refractivity contribution in [2.75, 3.05) is 47.9 Å². The van der Waals surface area contributed by atoms with Crippen molar-refractivity contribution in [3.63, 3.8) is 0 Å². The highest BCUT2D eigenvalue weighted by molar-refractivity contribution is 5.79. The van der Waals surface area contributed by atoms with Crippen molar-refractivity contribution in [2.24, 2.45) is 4.99 Å². The number of fused-ring (bicyclic) bond motifs is 1. The zero-order chi connectivity index (χ0) is 14.5. The van der Waals surface area contributed by atoms with E-state index < -0.39 is 0 Å². The zero-order valence-corrected chi connectivity index (χ0v) is 12.7. The number of nitrogens with zero attached hydrogens (tertiary/aromatic N) is 3. The number of guanidine groups is 1. The van der Waals surface area contributed by atoms with E-state index in [0.717, 1.165) is 30.4 Å². The second kappa shape index (κ2) is 6.50. The van der Waals surface area contributed by atoms with E-state index in [1.807, 2.05) is 44.1 Å². The Labute approximate surface area is 120 Å². The minimum Gasteiger partial charge on any atom is -0.486 e. The third-order valence-corrected chi connectivity index (χ3v) is 3.06. The van der Waals surface area contributed by atoms with Gasteiger partial charge in [-0.3, -0.25) is 4.99 Å². The van der Waals surface area contributed by atoms with Crippen LogP contribution in [0.5, 0.6) is 11.5 Å². The van der Waals surface area contributed by atoms with E-state index in [2.05, 4.69) is 17.1 Å². The molecule has 110 valence electrons. The van der Waals surface area contributed by atoms with Gasteiger partial charge in [0.05, 0.1) is 0 Å². The molecule has 0 spiro atoms. The van der Waals surface area contributed by atoms with E-state index in [1.54, 1.807) is 0 Å². The van der Waals surface area contributed by atoms with Gasteiger partial charge in [0.2, 0.25) is 0 Å². The summed E-state index contributed by atoms with van der Waals surface area (Å²) in [5.74, 6) is 2.66. The molecule has 1 aliphatic heterocycles. The molecule has 0 N–H and O–H groups in total. The van der Waals surface area contributed by atoms with E-state index in [1.165, 1.54) is 5.56 Å². The van der Waals surface area contributed by atoms with Gasteiger partial charge in [0, 0.05) is 34.7 Å². The molecule has 0 aliphatic carbocycles. The van der Waals surface area contributed by atoms with Crippen LogP contribution in [0.25, 0.3) is 0 Å². The van der Waals surface area contributed by atoms with Gasteiger partial charge in [0.25, 0.3) is 0 Å². The van der Waals surface area contributed by atoms with Crippen LogP contribution in [0.4, 0.5) is 0 Å². The summed E-state index contributed by atoms with van der Waals surface area (Å²) in [5, 5.41) is 0. The monoisotopic (exact) mass is 277 g/mol. The predicted octanol–water partition coefficient (Wildman–Crippen LogP) is 1.48. The maximum Gasteiger partial charge on any atom is 0.195 e. The van der Waals surface area contributed by atoms with Gasteiger partial charge >= 0.3 is 0 Å². The van der Waals surface area contributed by atoms with Gasteiger partial charge < -0.3 is 19.3 Å². The van der Waals surface area contributed by atoms with Crippen LogP contribution in [0.1, 0.15) is 5.56 Å². The second-order valence-electron chi connectivity index (χ2n) is 5.20. The van der Waals surface area contributed by atoms with Crippen LogP contribution in [0.2, 0.25) is 0 Å². The summed E-state index contributed by atoms with van der Waals surface area (Å²) >= 11 is 0. The van der Waals surface area contributed by atoms with Crippen LogP contribution >= 0.6 is 0 Å². The molecule has 0 unspecified atom stereocenters. The minimum absolute atomic E-state index is 0.625. The number of hydrogen-bond acceptors (Lipinski definition) is 3. The van der Waals surface area contributed by atoms with Crippen LogP contribution in [-0.2, 0) is 6.42 Å². The molecule has 1 aliphatic rings. The smallest absolute Gasteiger partial charge is 0.195 e. The molecule has 20 heavy (non-hydrogen) atoms. The molecular formula is C15H23N3O2. The van der Waals surface area contributed by atoms with E-state index in [9.17, 15) is 0 Å². The van der Waals surface area contributed by atoms with E-state index in [0.29, 0.717) is 13.2 Å². The van der Waals surface area contributed by atoms with Gasteiger partial charge in [-0.1, -0.05) is 6.07 Å². The molecule has 0 fully saturated rings. The summed E-state index contributed by atoms with van der Waals surface area (Å²) in [6.07, 6.45) is 0.891. The number of rotatable bonds is 3. The number of ether oxygens (including phenoxy) is 2. The van der Waals surface area contributed by atoms with E-state index in [-0.39, 0.29) is 0 Å². The summed E-state index contributed by atoms with van der Waals surface area (Å²) in [5.41, 5.74) is 1.22. The van der Waals surface area contributed by atoms with Gasteiger partial charge in [-0.15, -0.1) is 0 Å². The van der Waals surface area contributed by atoms with Crippen LogP contribution in [0, 0.1) is 0 Å². The van der Waals surface area contributed by atoms with E-state index in [4.69, 9.17) is 9.47 Å². The average Bonchev–Trinajstić information content (AvgIpc) is 2.42. The molecule has 5 nitrogen and oxygen atoms in total. The first kappa shape index (κ1) is 14.5. The fraction of sp³-hybridized carbons (Fsp3) is 0.533. The zero-order valence-electron chi connectivity index (χ0n) is 12.7. The van der Waals surface area contributed by atoms with Crippen LogP contribution < -0.4 is 9.47 Å². The van der Waals surface area contributed by atoms with Crippen LogP contribution in [-0.4, -0.2) is 63.7 Å². The Morgan fingerprint density at radius 1 is 1.05 bits per heavy atom. The Morgan fingerprint density at radius 2 is 1.70 bits per heavy atom. The fourth-order valence-electron chi connectivity index (χ4n) is 2.21. The van der Waals surface area contributed by atoms with Gasteiger partial charge in [-0.25, -0.2) is 0 Å². The molecule has 0 atom stereocenters. The molecule has 0 saturated carbocycles. The number of benzene rings is 1. The third-order valence-electron chi connectivity index (χ3n) is 3.06. The van der Waals surface area contributed by atoms with Crippen LogP contribution in [0.15, 0.2) is 23.2 Å². The Bertz CT molecular complexity index is 474. The van der Waals surface area contributed by atoms with Crippen molar-refractivity contribution in [1.82, 2.24) is 9.80 Å². The molecule has 1 heterocycles. The third kappa shape index (κ3) is 3.56. The minimum atomic E-state index is 0.625. The highest BCUT2D eigenvalue weighted by Crippen LogP contribution is 2.30. The Morgan fingerprint density at radius 3 is 2.35 bits per heavy atom. The van der Waals surface area contributed by atoms with Gasteiger partial charge in [0.1, 0.15) is 13.2 Å². The second-order valence-corrected chi connectivity index (χ2v) is 5.20. The molecule has 1 aromatic carbocycles. The molecule has 0 saturated heterocycles. The largest absolute Gasteiger partial charge is 0.486 e. The first-order valence-corrected chi connectivity index (χ1v) is 6.85. The first-order valence-electron chi connectivity index (χ1n) is 6.85. The summed E-state index contributed by atoms with van der Waals surface area (Å²) in [7, 11) is 8.01. The summed E-state index contributed by atoms with van der Waals surface area (Å²) in [4.78, 5) is 8.66. The number of hydrogen-bond donors (Lipinski definition) is 0. The molecule has 0 bridgehead atoms. The summed E-state index contributed by atoms with van der Waals surface area (Å²) < 4.78 is 11.1. The quantitative estimate of drug-likeness (QED) is 0.619. The van der Waals surface area contributed by atoms with Crippen molar-refractivity contribution in [3.05, 3.63) is 23.8 Å². The molecule has 0 amide bonds. The highest BCUT2D eigenvalue weighted by atomic mass is 16.6. The van der Waals surface area contributed by atoms with Gasteiger partial charge in [-0.2, -0.15) is 0 Å². The van der Waals surface area contributed by atoms with Crippen molar-refractivity contribution < 1.29 is 9.47 Å². The topological polar surface area (TPSA) is 37.3 Å². The average molecular weight is 277 g/mol. The normalized spacial score (nSPS) is 12.8. The molecular weight excluding hydrogens is 254 g/mol.